The van der Waals surface area contributed by atoms with Gasteiger partial charge in [0.25, 0.3) is 5.78 Å². The third-order valence-corrected chi connectivity index (χ3v) is 3.07. The average Bonchev–Trinajstić information content (AvgIpc) is 2.68. The largest absolute Gasteiger partial charge is 0.254 e. The van der Waals surface area contributed by atoms with E-state index in [-0.39, 0.29) is 5.28 Å². The van der Waals surface area contributed by atoms with Gasteiger partial charge in [-0.2, -0.15) is 9.97 Å². The monoisotopic (exact) mass is 278 g/mol. The molecule has 0 N–H and O–H groups in total. The van der Waals surface area contributed by atoms with Crippen LogP contribution >= 0.6 is 23.2 Å². The summed E-state index contributed by atoms with van der Waals surface area (Å²) in [5, 5.41) is 4.54. The summed E-state index contributed by atoms with van der Waals surface area (Å²) in [5.74, 6) is 0.390. The SMILES string of the molecule is Cc1ccc(-c2cn3nc(Cl)nc3nc2Cl)cc1. The molecule has 0 saturated heterocycles. The number of nitrogens with zero attached hydrogens (tertiary/aromatic N) is 4. The lowest BCUT2D eigenvalue weighted by molar-refractivity contribution is 0.941. The normalized spacial score (nSPS) is 11.1. The molecule has 0 aliphatic carbocycles. The second-order valence-corrected chi connectivity index (χ2v) is 4.63. The van der Waals surface area contributed by atoms with Crippen molar-refractivity contribution in [1.82, 2.24) is 19.6 Å². The zero-order valence-corrected chi connectivity index (χ0v) is 10.9. The van der Waals surface area contributed by atoms with Crippen molar-refractivity contribution >= 4 is 29.0 Å². The van der Waals surface area contributed by atoms with E-state index in [1.165, 1.54) is 10.1 Å². The van der Waals surface area contributed by atoms with Crippen molar-refractivity contribution in [2.45, 2.75) is 6.92 Å². The summed E-state index contributed by atoms with van der Waals surface area (Å²) in [7, 11) is 0. The first kappa shape index (κ1) is 11.4. The molecule has 0 atom stereocenters. The number of rotatable bonds is 1. The highest BCUT2D eigenvalue weighted by Gasteiger charge is 2.10. The molecule has 90 valence electrons. The Kier molecular flexibility index (Phi) is 2.69. The molecule has 0 spiro atoms. The van der Waals surface area contributed by atoms with Crippen LogP contribution in [0.2, 0.25) is 10.4 Å². The van der Waals surface area contributed by atoms with Crippen molar-refractivity contribution in [3.05, 3.63) is 46.5 Å². The van der Waals surface area contributed by atoms with E-state index in [0.29, 0.717) is 10.9 Å². The van der Waals surface area contributed by atoms with Gasteiger partial charge >= 0.3 is 0 Å². The predicted octanol–water partition coefficient (Wildman–Crippen LogP) is 3.41. The number of benzene rings is 1. The quantitative estimate of drug-likeness (QED) is 0.641. The van der Waals surface area contributed by atoms with Crippen LogP contribution in [0.4, 0.5) is 0 Å². The van der Waals surface area contributed by atoms with E-state index < -0.39 is 0 Å². The first-order chi connectivity index (χ1) is 8.63. The van der Waals surface area contributed by atoms with E-state index in [4.69, 9.17) is 23.2 Å². The summed E-state index contributed by atoms with van der Waals surface area (Å²) in [6.45, 7) is 2.03. The van der Waals surface area contributed by atoms with E-state index in [9.17, 15) is 0 Å². The van der Waals surface area contributed by atoms with E-state index >= 15 is 0 Å². The Morgan fingerprint density at radius 1 is 1.06 bits per heavy atom. The van der Waals surface area contributed by atoms with Gasteiger partial charge in [-0.15, -0.1) is 5.10 Å². The van der Waals surface area contributed by atoms with Crippen molar-refractivity contribution in [2.75, 3.05) is 0 Å². The van der Waals surface area contributed by atoms with Gasteiger partial charge in [0.15, 0.2) is 0 Å². The van der Waals surface area contributed by atoms with E-state index in [0.717, 1.165) is 11.1 Å². The molecular weight excluding hydrogens is 271 g/mol. The van der Waals surface area contributed by atoms with Crippen molar-refractivity contribution in [1.29, 1.82) is 0 Å². The maximum atomic E-state index is 6.15. The molecule has 0 fully saturated rings. The fraction of sp³-hybridized carbons (Fsp3) is 0.0833. The Morgan fingerprint density at radius 3 is 2.50 bits per heavy atom. The Balaban J connectivity index is 2.21. The van der Waals surface area contributed by atoms with Gasteiger partial charge in [0.1, 0.15) is 5.15 Å². The number of hydrogen-bond donors (Lipinski definition) is 0. The van der Waals surface area contributed by atoms with Gasteiger partial charge in [-0.3, -0.25) is 0 Å². The Hall–Kier alpha value is -1.65. The van der Waals surface area contributed by atoms with Crippen LogP contribution in [0, 0.1) is 6.92 Å². The minimum Gasteiger partial charge on any atom is -0.202 e. The number of fused-ring (bicyclic) bond motifs is 1. The second kappa shape index (κ2) is 4.23. The first-order valence-corrected chi connectivity index (χ1v) is 6.04. The zero-order valence-electron chi connectivity index (χ0n) is 9.43. The molecule has 3 aromatic rings. The van der Waals surface area contributed by atoms with Crippen molar-refractivity contribution in [3.63, 3.8) is 0 Å². The molecule has 0 unspecified atom stereocenters. The smallest absolute Gasteiger partial charge is 0.202 e. The predicted molar refractivity (Wildman–Crippen MR) is 71.0 cm³/mol. The lowest BCUT2D eigenvalue weighted by atomic mass is 10.1. The lowest BCUT2D eigenvalue weighted by Crippen LogP contribution is -1.94. The van der Waals surface area contributed by atoms with Crippen molar-refractivity contribution < 1.29 is 0 Å². The average molecular weight is 279 g/mol. The maximum Gasteiger partial charge on any atom is 0.254 e. The molecule has 6 heteroatoms. The highest BCUT2D eigenvalue weighted by Crippen LogP contribution is 2.26. The van der Waals surface area contributed by atoms with E-state index in [1.54, 1.807) is 6.20 Å². The first-order valence-electron chi connectivity index (χ1n) is 5.29. The Morgan fingerprint density at radius 2 is 1.78 bits per heavy atom. The molecule has 0 amide bonds. The molecule has 3 rings (SSSR count). The lowest BCUT2D eigenvalue weighted by Gasteiger charge is -2.04. The molecule has 0 aliphatic rings. The highest BCUT2D eigenvalue weighted by molar-refractivity contribution is 6.32. The summed E-state index contributed by atoms with van der Waals surface area (Å²) < 4.78 is 1.52. The Labute approximate surface area is 113 Å². The van der Waals surface area contributed by atoms with Crippen LogP contribution in [0.3, 0.4) is 0 Å². The molecular formula is C12H8Cl2N4. The third kappa shape index (κ3) is 1.94. The molecule has 2 heterocycles. The molecule has 2 aromatic heterocycles. The van der Waals surface area contributed by atoms with Crippen LogP contribution in [-0.4, -0.2) is 19.6 Å². The van der Waals surface area contributed by atoms with E-state index in [2.05, 4.69) is 15.1 Å². The van der Waals surface area contributed by atoms with Crippen LogP contribution in [0.25, 0.3) is 16.9 Å². The van der Waals surface area contributed by atoms with Gasteiger partial charge in [0.05, 0.1) is 0 Å². The minimum atomic E-state index is 0.152. The van der Waals surface area contributed by atoms with Crippen LogP contribution in [0.5, 0.6) is 0 Å². The summed E-state index contributed by atoms with van der Waals surface area (Å²) in [5.41, 5.74) is 2.96. The van der Waals surface area contributed by atoms with Gasteiger partial charge < -0.3 is 0 Å². The number of hydrogen-bond acceptors (Lipinski definition) is 3. The van der Waals surface area contributed by atoms with Gasteiger partial charge in [-0.05, 0) is 24.1 Å². The second-order valence-electron chi connectivity index (χ2n) is 3.94. The zero-order chi connectivity index (χ0) is 12.7. The van der Waals surface area contributed by atoms with Crippen LogP contribution in [0.1, 0.15) is 5.56 Å². The summed E-state index contributed by atoms with van der Waals surface area (Å²) >= 11 is 11.9. The summed E-state index contributed by atoms with van der Waals surface area (Å²) in [6.07, 6.45) is 1.77. The molecule has 1 aromatic carbocycles. The van der Waals surface area contributed by atoms with Crippen molar-refractivity contribution in [3.8, 4) is 11.1 Å². The van der Waals surface area contributed by atoms with Crippen molar-refractivity contribution in [2.24, 2.45) is 0 Å². The van der Waals surface area contributed by atoms with Gasteiger partial charge in [0.2, 0.25) is 5.28 Å². The topological polar surface area (TPSA) is 43.1 Å². The number of aryl methyl sites for hydroxylation is 1. The summed E-state index contributed by atoms with van der Waals surface area (Å²) in [6, 6.07) is 8.01. The van der Waals surface area contributed by atoms with Crippen LogP contribution < -0.4 is 0 Å². The van der Waals surface area contributed by atoms with Gasteiger partial charge in [0, 0.05) is 11.8 Å². The molecule has 0 saturated carbocycles. The molecule has 4 nitrogen and oxygen atoms in total. The highest BCUT2D eigenvalue weighted by atomic mass is 35.5. The van der Waals surface area contributed by atoms with Crippen LogP contribution in [-0.2, 0) is 0 Å². The molecule has 0 aliphatic heterocycles. The molecule has 18 heavy (non-hydrogen) atoms. The fourth-order valence-corrected chi connectivity index (χ4v) is 2.09. The standard InChI is InChI=1S/C12H8Cl2N4/c1-7-2-4-8(5-3-7)9-6-18-12(15-10(9)13)16-11(14)17-18/h2-6H,1H3. The summed E-state index contributed by atoms with van der Waals surface area (Å²) in [4.78, 5) is 8.11. The third-order valence-electron chi connectivity index (χ3n) is 2.62. The Bertz CT molecular complexity index is 719. The van der Waals surface area contributed by atoms with E-state index in [1.807, 2.05) is 31.2 Å². The molecule has 0 radical (unpaired) electrons. The number of halogens is 2. The fourth-order valence-electron chi connectivity index (χ4n) is 1.70. The minimum absolute atomic E-state index is 0.152. The number of aromatic nitrogens is 4. The molecule has 0 bridgehead atoms. The van der Waals surface area contributed by atoms with Gasteiger partial charge in [-0.25, -0.2) is 4.52 Å². The maximum absolute atomic E-state index is 6.15. The van der Waals surface area contributed by atoms with Gasteiger partial charge in [-0.1, -0.05) is 41.4 Å². The van der Waals surface area contributed by atoms with Crippen LogP contribution in [0.15, 0.2) is 30.5 Å².